The van der Waals surface area contributed by atoms with Crippen molar-refractivity contribution in [3.63, 3.8) is 0 Å². The summed E-state index contributed by atoms with van der Waals surface area (Å²) in [7, 11) is 0. The van der Waals surface area contributed by atoms with Crippen LogP contribution in [0.15, 0.2) is 18.3 Å². The molecule has 5 nitrogen and oxygen atoms in total. The fraction of sp³-hybridized carbons (Fsp3) is 0.400. The number of amides is 2. The quantitative estimate of drug-likeness (QED) is 0.670. The molecule has 0 atom stereocenters. The monoisotopic (exact) mass is 209 g/mol. The third-order valence-corrected chi connectivity index (χ3v) is 1.91. The number of hydrogen-bond donors (Lipinski definition) is 3. The first kappa shape index (κ1) is 11.3. The van der Waals surface area contributed by atoms with Crippen molar-refractivity contribution in [3.8, 4) is 0 Å². The van der Waals surface area contributed by atoms with Gasteiger partial charge in [0.15, 0.2) is 0 Å². The van der Waals surface area contributed by atoms with Gasteiger partial charge in [0.1, 0.15) is 5.69 Å². The van der Waals surface area contributed by atoms with Gasteiger partial charge in [-0.1, -0.05) is 0 Å². The SMILES string of the molecule is CC(C)(CC(N)=O)NC(=O)c1ccc[nH]1. The molecular weight excluding hydrogens is 194 g/mol. The summed E-state index contributed by atoms with van der Waals surface area (Å²) in [6, 6.07) is 3.39. The van der Waals surface area contributed by atoms with E-state index in [9.17, 15) is 9.59 Å². The van der Waals surface area contributed by atoms with Gasteiger partial charge in [-0.15, -0.1) is 0 Å². The highest BCUT2D eigenvalue weighted by Gasteiger charge is 2.23. The minimum atomic E-state index is -0.631. The van der Waals surface area contributed by atoms with E-state index in [0.29, 0.717) is 5.69 Å². The Morgan fingerprint density at radius 3 is 2.67 bits per heavy atom. The van der Waals surface area contributed by atoms with Crippen LogP contribution < -0.4 is 11.1 Å². The van der Waals surface area contributed by atoms with Crippen LogP contribution in [-0.4, -0.2) is 22.3 Å². The van der Waals surface area contributed by atoms with Gasteiger partial charge in [0.05, 0.1) is 0 Å². The summed E-state index contributed by atoms with van der Waals surface area (Å²) < 4.78 is 0. The smallest absolute Gasteiger partial charge is 0.268 e. The number of nitrogens with one attached hydrogen (secondary N) is 2. The molecule has 5 heteroatoms. The Kier molecular flexibility index (Phi) is 3.14. The number of aromatic amines is 1. The van der Waals surface area contributed by atoms with Gasteiger partial charge in [-0.3, -0.25) is 9.59 Å². The van der Waals surface area contributed by atoms with Gasteiger partial charge in [-0.05, 0) is 26.0 Å². The van der Waals surface area contributed by atoms with Crippen LogP contribution in [0.1, 0.15) is 30.8 Å². The second-order valence-corrected chi connectivity index (χ2v) is 4.06. The fourth-order valence-electron chi connectivity index (χ4n) is 1.33. The van der Waals surface area contributed by atoms with E-state index in [4.69, 9.17) is 5.73 Å². The van der Waals surface area contributed by atoms with Crippen molar-refractivity contribution in [2.24, 2.45) is 5.73 Å². The van der Waals surface area contributed by atoms with E-state index in [2.05, 4.69) is 10.3 Å². The zero-order valence-corrected chi connectivity index (χ0v) is 8.83. The highest BCUT2D eigenvalue weighted by molar-refractivity contribution is 5.93. The molecule has 0 aromatic carbocycles. The van der Waals surface area contributed by atoms with E-state index < -0.39 is 11.4 Å². The molecule has 15 heavy (non-hydrogen) atoms. The lowest BCUT2D eigenvalue weighted by Crippen LogP contribution is -2.46. The summed E-state index contributed by atoms with van der Waals surface area (Å²) in [5.41, 5.74) is 4.91. The molecule has 1 aromatic heterocycles. The third-order valence-electron chi connectivity index (χ3n) is 1.91. The van der Waals surface area contributed by atoms with E-state index >= 15 is 0 Å². The van der Waals surface area contributed by atoms with Gasteiger partial charge in [0, 0.05) is 18.2 Å². The van der Waals surface area contributed by atoms with Gasteiger partial charge in [-0.25, -0.2) is 0 Å². The average molecular weight is 209 g/mol. The second kappa shape index (κ2) is 4.16. The molecule has 0 spiro atoms. The summed E-state index contributed by atoms with van der Waals surface area (Å²) in [4.78, 5) is 25.1. The molecule has 4 N–H and O–H groups in total. The van der Waals surface area contributed by atoms with Crippen molar-refractivity contribution >= 4 is 11.8 Å². The highest BCUT2D eigenvalue weighted by Crippen LogP contribution is 2.08. The maximum atomic E-state index is 11.6. The van der Waals surface area contributed by atoms with E-state index in [1.807, 2.05) is 0 Å². The van der Waals surface area contributed by atoms with Crippen molar-refractivity contribution in [2.45, 2.75) is 25.8 Å². The molecule has 0 aliphatic carbocycles. The maximum absolute atomic E-state index is 11.6. The predicted octanol–water partition coefficient (Wildman–Crippen LogP) is 0.399. The van der Waals surface area contributed by atoms with Crippen LogP contribution in [0.2, 0.25) is 0 Å². The molecule has 82 valence electrons. The van der Waals surface area contributed by atoms with Crippen molar-refractivity contribution in [2.75, 3.05) is 0 Å². The normalized spacial score (nSPS) is 11.1. The number of carbonyl (C=O) groups excluding carboxylic acids is 2. The number of nitrogens with two attached hydrogens (primary N) is 1. The summed E-state index contributed by atoms with van der Waals surface area (Å²) in [6.07, 6.45) is 1.77. The fourth-order valence-corrected chi connectivity index (χ4v) is 1.33. The summed E-state index contributed by atoms with van der Waals surface area (Å²) in [5, 5.41) is 2.72. The molecule has 2 amide bonds. The average Bonchev–Trinajstić information content (AvgIpc) is 2.50. The minimum absolute atomic E-state index is 0.111. The van der Waals surface area contributed by atoms with Crippen LogP contribution in [0, 0.1) is 0 Å². The molecule has 0 saturated carbocycles. The molecule has 0 radical (unpaired) electrons. The lowest BCUT2D eigenvalue weighted by atomic mass is 10.0. The Morgan fingerprint density at radius 2 is 2.20 bits per heavy atom. The van der Waals surface area contributed by atoms with Gasteiger partial charge in [0.25, 0.3) is 5.91 Å². The van der Waals surface area contributed by atoms with Crippen molar-refractivity contribution in [1.29, 1.82) is 0 Å². The highest BCUT2D eigenvalue weighted by atomic mass is 16.2. The Balaban J connectivity index is 2.61. The Bertz CT molecular complexity index is 355. The Hall–Kier alpha value is -1.78. The van der Waals surface area contributed by atoms with Crippen molar-refractivity contribution in [3.05, 3.63) is 24.0 Å². The van der Waals surface area contributed by atoms with Crippen LogP contribution in [0.25, 0.3) is 0 Å². The van der Waals surface area contributed by atoms with Gasteiger partial charge in [0.2, 0.25) is 5.91 Å². The molecule has 0 saturated heterocycles. The molecule has 0 aliphatic heterocycles. The lowest BCUT2D eigenvalue weighted by Gasteiger charge is -2.24. The number of hydrogen-bond acceptors (Lipinski definition) is 2. The molecular formula is C10H15N3O2. The van der Waals surface area contributed by atoms with Crippen LogP contribution in [0.4, 0.5) is 0 Å². The Morgan fingerprint density at radius 1 is 1.53 bits per heavy atom. The van der Waals surface area contributed by atoms with Crippen molar-refractivity contribution < 1.29 is 9.59 Å². The van der Waals surface area contributed by atoms with Gasteiger partial charge < -0.3 is 16.0 Å². The van der Waals surface area contributed by atoms with Crippen LogP contribution >= 0.6 is 0 Å². The lowest BCUT2D eigenvalue weighted by molar-refractivity contribution is -0.119. The third kappa shape index (κ3) is 3.46. The van der Waals surface area contributed by atoms with E-state index in [1.54, 1.807) is 32.2 Å². The maximum Gasteiger partial charge on any atom is 0.268 e. The molecule has 0 unspecified atom stereocenters. The number of rotatable bonds is 4. The number of carbonyl (C=O) groups is 2. The summed E-state index contributed by atoms with van der Waals surface area (Å²) >= 11 is 0. The molecule has 0 bridgehead atoms. The van der Waals surface area contributed by atoms with E-state index in [0.717, 1.165) is 0 Å². The number of primary amides is 1. The molecule has 0 aliphatic rings. The number of aromatic nitrogens is 1. The van der Waals surface area contributed by atoms with Crippen LogP contribution in [-0.2, 0) is 4.79 Å². The first-order chi connectivity index (χ1) is 6.91. The van der Waals surface area contributed by atoms with Crippen LogP contribution in [0.3, 0.4) is 0 Å². The number of H-pyrrole nitrogens is 1. The predicted molar refractivity (Wildman–Crippen MR) is 56.1 cm³/mol. The first-order valence-corrected chi connectivity index (χ1v) is 4.65. The molecule has 0 fully saturated rings. The summed E-state index contributed by atoms with van der Waals surface area (Å²) in [5.74, 6) is -0.682. The zero-order chi connectivity index (χ0) is 11.5. The van der Waals surface area contributed by atoms with E-state index in [1.165, 1.54) is 0 Å². The summed E-state index contributed by atoms with van der Waals surface area (Å²) in [6.45, 7) is 3.50. The van der Waals surface area contributed by atoms with Gasteiger partial charge in [-0.2, -0.15) is 0 Å². The van der Waals surface area contributed by atoms with Crippen molar-refractivity contribution in [1.82, 2.24) is 10.3 Å². The van der Waals surface area contributed by atoms with E-state index in [-0.39, 0.29) is 12.3 Å². The minimum Gasteiger partial charge on any atom is -0.370 e. The first-order valence-electron chi connectivity index (χ1n) is 4.65. The largest absolute Gasteiger partial charge is 0.370 e. The standard InChI is InChI=1S/C10H15N3O2/c1-10(2,6-8(11)14)13-9(15)7-4-3-5-12-7/h3-5,12H,6H2,1-2H3,(H2,11,14)(H,13,15). The molecule has 1 heterocycles. The molecule has 1 aromatic rings. The zero-order valence-electron chi connectivity index (χ0n) is 8.83. The second-order valence-electron chi connectivity index (χ2n) is 4.06. The molecule has 1 rings (SSSR count). The van der Waals surface area contributed by atoms with Gasteiger partial charge >= 0.3 is 0 Å². The topological polar surface area (TPSA) is 88.0 Å². The van der Waals surface area contributed by atoms with Crippen LogP contribution in [0.5, 0.6) is 0 Å². The Labute approximate surface area is 88.0 Å².